The molecule has 0 saturated heterocycles. The van der Waals surface area contributed by atoms with Crippen LogP contribution in [0.4, 0.5) is 0 Å². The van der Waals surface area contributed by atoms with Crippen LogP contribution in [0.25, 0.3) is 0 Å². The number of benzene rings is 1. The van der Waals surface area contributed by atoms with E-state index < -0.39 is 12.1 Å². The molecule has 0 aromatic heterocycles. The Kier molecular flexibility index (Phi) is 4.73. The molecule has 0 amide bonds. The zero-order chi connectivity index (χ0) is 12.0. The van der Waals surface area contributed by atoms with Gasteiger partial charge in [-0.05, 0) is 12.5 Å². The van der Waals surface area contributed by atoms with E-state index in [0.29, 0.717) is 13.0 Å². The summed E-state index contributed by atoms with van der Waals surface area (Å²) in [6, 6.07) is 9.65. The van der Waals surface area contributed by atoms with Crippen molar-refractivity contribution >= 4 is 5.97 Å². The highest BCUT2D eigenvalue weighted by molar-refractivity contribution is 5.87. The highest BCUT2D eigenvalue weighted by atomic mass is 16.5. The van der Waals surface area contributed by atoms with Crippen molar-refractivity contribution in [3.8, 4) is 0 Å². The Balaban J connectivity index is 2.72. The average molecular weight is 220 g/mol. The number of hydrogen-bond donors (Lipinski definition) is 1. The van der Waals surface area contributed by atoms with E-state index in [-0.39, 0.29) is 5.57 Å². The number of aliphatic carboxylic acids is 1. The number of carboxylic acids is 1. The second kappa shape index (κ2) is 6.08. The van der Waals surface area contributed by atoms with Crippen molar-refractivity contribution in [2.75, 3.05) is 6.61 Å². The van der Waals surface area contributed by atoms with Crippen LogP contribution >= 0.6 is 0 Å². The van der Waals surface area contributed by atoms with Crippen molar-refractivity contribution in [1.29, 1.82) is 0 Å². The minimum atomic E-state index is -1.01. The third-order valence-electron chi connectivity index (χ3n) is 2.30. The van der Waals surface area contributed by atoms with Crippen molar-refractivity contribution in [3.63, 3.8) is 0 Å². The van der Waals surface area contributed by atoms with Crippen molar-refractivity contribution in [1.82, 2.24) is 0 Å². The maximum Gasteiger partial charge on any atom is 0.333 e. The van der Waals surface area contributed by atoms with Gasteiger partial charge in [-0.1, -0.05) is 36.9 Å². The SMILES string of the molecule is C=C(C(=O)O)C(Cc1ccccc1)OCC. The molecule has 0 radical (unpaired) electrons. The van der Waals surface area contributed by atoms with Crippen molar-refractivity contribution < 1.29 is 14.6 Å². The first-order valence-corrected chi connectivity index (χ1v) is 5.22. The van der Waals surface area contributed by atoms with Gasteiger partial charge in [-0.3, -0.25) is 0 Å². The molecule has 86 valence electrons. The summed E-state index contributed by atoms with van der Waals surface area (Å²) in [6.45, 7) is 5.86. The van der Waals surface area contributed by atoms with Crippen LogP contribution in [0, 0.1) is 0 Å². The van der Waals surface area contributed by atoms with E-state index in [4.69, 9.17) is 9.84 Å². The fourth-order valence-electron chi connectivity index (χ4n) is 1.45. The molecular weight excluding hydrogens is 204 g/mol. The second-order valence-corrected chi connectivity index (χ2v) is 3.46. The minimum Gasteiger partial charge on any atom is -0.478 e. The summed E-state index contributed by atoms with van der Waals surface area (Å²) >= 11 is 0. The number of carbonyl (C=O) groups is 1. The number of ether oxygens (including phenoxy) is 1. The van der Waals surface area contributed by atoms with E-state index >= 15 is 0 Å². The first-order chi connectivity index (χ1) is 7.65. The maximum atomic E-state index is 10.8. The van der Waals surface area contributed by atoms with Crippen LogP contribution in [-0.4, -0.2) is 23.8 Å². The van der Waals surface area contributed by atoms with Gasteiger partial charge in [0.15, 0.2) is 0 Å². The van der Waals surface area contributed by atoms with Crippen molar-refractivity contribution in [2.45, 2.75) is 19.4 Å². The molecule has 0 aliphatic rings. The molecule has 0 fully saturated rings. The number of hydrogen-bond acceptors (Lipinski definition) is 2. The average Bonchev–Trinajstić information content (AvgIpc) is 2.29. The van der Waals surface area contributed by atoms with E-state index in [0.717, 1.165) is 5.56 Å². The van der Waals surface area contributed by atoms with Crippen molar-refractivity contribution in [3.05, 3.63) is 48.0 Å². The molecular formula is C13H16O3. The lowest BCUT2D eigenvalue weighted by Crippen LogP contribution is -2.23. The molecule has 1 aromatic rings. The molecule has 1 N–H and O–H groups in total. The molecule has 1 atom stereocenters. The van der Waals surface area contributed by atoms with Crippen LogP contribution in [0.5, 0.6) is 0 Å². The van der Waals surface area contributed by atoms with Gasteiger partial charge in [0.2, 0.25) is 0 Å². The van der Waals surface area contributed by atoms with Crippen LogP contribution in [-0.2, 0) is 16.0 Å². The molecule has 1 aromatic carbocycles. The normalized spacial score (nSPS) is 12.1. The fourth-order valence-corrected chi connectivity index (χ4v) is 1.45. The Morgan fingerprint density at radius 2 is 2.06 bits per heavy atom. The van der Waals surface area contributed by atoms with Gasteiger partial charge in [-0.15, -0.1) is 0 Å². The Morgan fingerprint density at radius 3 is 2.56 bits per heavy atom. The first-order valence-electron chi connectivity index (χ1n) is 5.22. The molecule has 0 bridgehead atoms. The van der Waals surface area contributed by atoms with Crippen LogP contribution in [0.2, 0.25) is 0 Å². The van der Waals surface area contributed by atoms with Gasteiger partial charge in [0.1, 0.15) is 0 Å². The number of carboxylic acid groups (broad SMARTS) is 1. The summed E-state index contributed by atoms with van der Waals surface area (Å²) in [5.74, 6) is -1.01. The third-order valence-corrected chi connectivity index (χ3v) is 2.30. The molecule has 3 nitrogen and oxygen atoms in total. The monoisotopic (exact) mass is 220 g/mol. The minimum absolute atomic E-state index is 0.103. The topological polar surface area (TPSA) is 46.5 Å². The van der Waals surface area contributed by atoms with Gasteiger partial charge >= 0.3 is 5.97 Å². The molecule has 1 unspecified atom stereocenters. The molecule has 0 saturated carbocycles. The zero-order valence-corrected chi connectivity index (χ0v) is 9.35. The Bertz CT molecular complexity index is 357. The molecule has 1 rings (SSSR count). The molecule has 3 heteroatoms. The molecule has 16 heavy (non-hydrogen) atoms. The standard InChI is InChI=1S/C13H16O3/c1-3-16-12(10(2)13(14)15)9-11-7-5-4-6-8-11/h4-8,12H,2-3,9H2,1H3,(H,14,15). The highest BCUT2D eigenvalue weighted by Gasteiger charge is 2.18. The molecule has 0 spiro atoms. The van der Waals surface area contributed by atoms with E-state index in [1.807, 2.05) is 37.3 Å². The Morgan fingerprint density at radius 1 is 1.44 bits per heavy atom. The number of rotatable bonds is 6. The third kappa shape index (κ3) is 3.51. The van der Waals surface area contributed by atoms with Crippen LogP contribution < -0.4 is 0 Å². The summed E-state index contributed by atoms with van der Waals surface area (Å²) in [6.07, 6.45) is 0.0877. The predicted octanol–water partition coefficient (Wildman–Crippen LogP) is 2.28. The van der Waals surface area contributed by atoms with Gasteiger partial charge in [-0.25, -0.2) is 4.79 Å². The highest BCUT2D eigenvalue weighted by Crippen LogP contribution is 2.12. The first kappa shape index (κ1) is 12.5. The molecule has 0 aliphatic heterocycles. The van der Waals surface area contributed by atoms with E-state index in [1.54, 1.807) is 0 Å². The lowest BCUT2D eigenvalue weighted by atomic mass is 10.0. The summed E-state index contributed by atoms with van der Waals surface area (Å²) in [5.41, 5.74) is 1.15. The lowest BCUT2D eigenvalue weighted by Gasteiger charge is -2.16. The van der Waals surface area contributed by atoms with Gasteiger partial charge in [0.25, 0.3) is 0 Å². The lowest BCUT2D eigenvalue weighted by molar-refractivity contribution is -0.134. The zero-order valence-electron chi connectivity index (χ0n) is 9.35. The Hall–Kier alpha value is -1.61. The van der Waals surface area contributed by atoms with E-state index in [9.17, 15) is 4.79 Å². The second-order valence-electron chi connectivity index (χ2n) is 3.46. The fraction of sp³-hybridized carbons (Fsp3) is 0.308. The van der Waals surface area contributed by atoms with E-state index in [2.05, 4.69) is 6.58 Å². The summed E-state index contributed by atoms with van der Waals surface area (Å²) in [5, 5.41) is 8.88. The smallest absolute Gasteiger partial charge is 0.333 e. The van der Waals surface area contributed by atoms with Crippen LogP contribution in [0.15, 0.2) is 42.5 Å². The van der Waals surface area contributed by atoms with Gasteiger partial charge in [0, 0.05) is 13.0 Å². The Labute approximate surface area is 95.4 Å². The van der Waals surface area contributed by atoms with Crippen LogP contribution in [0.1, 0.15) is 12.5 Å². The molecule has 0 heterocycles. The van der Waals surface area contributed by atoms with E-state index in [1.165, 1.54) is 0 Å². The summed E-state index contributed by atoms with van der Waals surface area (Å²) in [7, 11) is 0. The molecule has 0 aliphatic carbocycles. The van der Waals surface area contributed by atoms with Gasteiger partial charge < -0.3 is 9.84 Å². The summed E-state index contributed by atoms with van der Waals surface area (Å²) in [4.78, 5) is 10.8. The van der Waals surface area contributed by atoms with Crippen molar-refractivity contribution in [2.24, 2.45) is 0 Å². The summed E-state index contributed by atoms with van der Waals surface area (Å²) < 4.78 is 5.39. The maximum absolute atomic E-state index is 10.8. The van der Waals surface area contributed by atoms with Crippen LogP contribution in [0.3, 0.4) is 0 Å². The van der Waals surface area contributed by atoms with Gasteiger partial charge in [0.05, 0.1) is 11.7 Å². The largest absolute Gasteiger partial charge is 0.478 e. The quantitative estimate of drug-likeness (QED) is 0.748. The predicted molar refractivity (Wildman–Crippen MR) is 62.3 cm³/mol. The van der Waals surface area contributed by atoms with Gasteiger partial charge in [-0.2, -0.15) is 0 Å².